The van der Waals surface area contributed by atoms with Crippen LogP contribution in [0.3, 0.4) is 0 Å². The van der Waals surface area contributed by atoms with Crippen LogP contribution < -0.4 is 15.4 Å². The van der Waals surface area contributed by atoms with Crippen LogP contribution in [0, 0.1) is 0 Å². The molecule has 1 atom stereocenters. The summed E-state index contributed by atoms with van der Waals surface area (Å²) in [4.78, 5) is 21.0. The molecule has 170 valence electrons. The Morgan fingerprint density at radius 2 is 1.94 bits per heavy atom. The summed E-state index contributed by atoms with van der Waals surface area (Å²) in [6.07, 6.45) is 4.08. The van der Waals surface area contributed by atoms with Gasteiger partial charge in [0.25, 0.3) is 0 Å². The Bertz CT molecular complexity index is 1330. The van der Waals surface area contributed by atoms with Crippen LogP contribution in [0.2, 0.25) is 0 Å². The summed E-state index contributed by atoms with van der Waals surface area (Å²) in [5.41, 5.74) is 4.25. The number of aromatic nitrogens is 2. The lowest BCUT2D eigenvalue weighted by Crippen LogP contribution is -2.15. The van der Waals surface area contributed by atoms with Gasteiger partial charge >= 0.3 is 0 Å². The second kappa shape index (κ2) is 9.72. The minimum absolute atomic E-state index is 0.115. The van der Waals surface area contributed by atoms with Crippen molar-refractivity contribution in [2.24, 2.45) is 0 Å². The van der Waals surface area contributed by atoms with Crippen LogP contribution in [0.1, 0.15) is 6.42 Å². The number of nitrogens with zero attached hydrogens (tertiary/aromatic N) is 2. The number of carbonyl (C=O) groups excluding carboxylic acids is 1. The van der Waals surface area contributed by atoms with E-state index in [0.29, 0.717) is 18.2 Å². The van der Waals surface area contributed by atoms with Crippen molar-refractivity contribution in [2.45, 2.75) is 12.5 Å². The van der Waals surface area contributed by atoms with Crippen LogP contribution in [0.15, 0.2) is 85.6 Å². The Morgan fingerprint density at radius 3 is 2.74 bits per heavy atom. The van der Waals surface area contributed by atoms with Crippen LogP contribution in [0.5, 0.6) is 5.75 Å². The van der Waals surface area contributed by atoms with E-state index in [-0.39, 0.29) is 12.0 Å². The van der Waals surface area contributed by atoms with Crippen LogP contribution in [0.4, 0.5) is 17.3 Å². The van der Waals surface area contributed by atoms with Crippen molar-refractivity contribution in [3.63, 3.8) is 0 Å². The van der Waals surface area contributed by atoms with Crippen molar-refractivity contribution < 1.29 is 14.3 Å². The second-order valence-electron chi connectivity index (χ2n) is 7.96. The molecule has 34 heavy (non-hydrogen) atoms. The molecular formula is C27H24N4O3. The molecule has 7 heteroatoms. The highest BCUT2D eigenvalue weighted by Crippen LogP contribution is 2.30. The predicted molar refractivity (Wildman–Crippen MR) is 133 cm³/mol. The molecule has 0 spiro atoms. The van der Waals surface area contributed by atoms with E-state index < -0.39 is 0 Å². The predicted octanol–water partition coefficient (Wildman–Crippen LogP) is 5.33. The molecule has 1 amide bonds. The largest absolute Gasteiger partial charge is 0.488 e. The van der Waals surface area contributed by atoms with E-state index in [9.17, 15) is 4.79 Å². The molecule has 7 nitrogen and oxygen atoms in total. The van der Waals surface area contributed by atoms with Gasteiger partial charge in [0.05, 0.1) is 18.7 Å². The molecule has 1 fully saturated rings. The third kappa shape index (κ3) is 4.89. The molecule has 2 heterocycles. The van der Waals surface area contributed by atoms with Gasteiger partial charge in [-0.25, -0.2) is 9.97 Å². The number of fused-ring (bicyclic) bond motifs is 1. The average molecular weight is 453 g/mol. The molecule has 4 aromatic rings. The molecule has 0 bridgehead atoms. The van der Waals surface area contributed by atoms with Gasteiger partial charge in [0.2, 0.25) is 11.9 Å². The number of carbonyl (C=O) groups is 1. The quantitative estimate of drug-likeness (QED) is 0.369. The number of benzene rings is 3. The third-order valence-electron chi connectivity index (χ3n) is 5.54. The van der Waals surface area contributed by atoms with E-state index in [1.807, 2.05) is 66.7 Å². The van der Waals surface area contributed by atoms with Crippen molar-refractivity contribution in [2.75, 3.05) is 23.8 Å². The Hall–Kier alpha value is -4.23. The second-order valence-corrected chi connectivity index (χ2v) is 7.96. The molecule has 1 aromatic heterocycles. The van der Waals surface area contributed by atoms with Gasteiger partial charge in [0.15, 0.2) is 0 Å². The van der Waals surface area contributed by atoms with Gasteiger partial charge in [-0.15, -0.1) is 0 Å². The summed E-state index contributed by atoms with van der Waals surface area (Å²) in [6.45, 7) is 4.89. The van der Waals surface area contributed by atoms with E-state index >= 15 is 0 Å². The van der Waals surface area contributed by atoms with E-state index in [0.717, 1.165) is 46.5 Å². The number of hydrogen-bond donors (Lipinski definition) is 2. The number of amides is 1. The number of hydrogen-bond acceptors (Lipinski definition) is 6. The van der Waals surface area contributed by atoms with Gasteiger partial charge in [-0.3, -0.25) is 4.79 Å². The first-order valence-electron chi connectivity index (χ1n) is 11.1. The monoisotopic (exact) mass is 452 g/mol. The minimum Gasteiger partial charge on any atom is -0.488 e. The zero-order chi connectivity index (χ0) is 23.3. The molecule has 5 rings (SSSR count). The normalized spacial score (nSPS) is 15.1. The number of anilines is 3. The standard InChI is InChI=1S/C27H24N4O3/c1-2-25(32)29-21-7-3-5-18(15-21)24-8-4-6-19-16-28-27(31-26(19)24)30-20-9-11-22(12-10-20)34-23-13-14-33-17-23/h2-12,15-16,23H,1,13-14,17H2,(H,29,32)(H,28,30,31)/t23-/m0/s1. The average Bonchev–Trinajstić information content (AvgIpc) is 3.38. The van der Waals surface area contributed by atoms with Gasteiger partial charge < -0.3 is 20.1 Å². The lowest BCUT2D eigenvalue weighted by Gasteiger charge is -2.13. The zero-order valence-corrected chi connectivity index (χ0v) is 18.5. The summed E-state index contributed by atoms with van der Waals surface area (Å²) in [7, 11) is 0. The van der Waals surface area contributed by atoms with Crippen molar-refractivity contribution in [1.29, 1.82) is 0 Å². The van der Waals surface area contributed by atoms with E-state index in [1.54, 1.807) is 6.20 Å². The summed E-state index contributed by atoms with van der Waals surface area (Å²) in [5, 5.41) is 6.99. The van der Waals surface area contributed by atoms with E-state index in [4.69, 9.17) is 14.5 Å². The summed E-state index contributed by atoms with van der Waals surface area (Å²) >= 11 is 0. The van der Waals surface area contributed by atoms with Gasteiger partial charge in [0.1, 0.15) is 11.9 Å². The maximum atomic E-state index is 11.7. The topological polar surface area (TPSA) is 85.4 Å². The maximum absolute atomic E-state index is 11.7. The van der Waals surface area contributed by atoms with Gasteiger partial charge in [-0.1, -0.05) is 36.9 Å². The number of nitrogens with one attached hydrogen (secondary N) is 2. The summed E-state index contributed by atoms with van der Waals surface area (Å²) in [6, 6.07) is 21.3. The zero-order valence-electron chi connectivity index (χ0n) is 18.5. The summed E-state index contributed by atoms with van der Waals surface area (Å²) in [5.74, 6) is 1.05. The highest BCUT2D eigenvalue weighted by Gasteiger charge is 2.17. The Kier molecular flexibility index (Phi) is 6.18. The fraction of sp³-hybridized carbons (Fsp3) is 0.148. The van der Waals surface area contributed by atoms with Gasteiger partial charge in [0, 0.05) is 34.9 Å². The first-order valence-corrected chi connectivity index (χ1v) is 11.1. The van der Waals surface area contributed by atoms with Crippen LogP contribution in [-0.4, -0.2) is 35.2 Å². The maximum Gasteiger partial charge on any atom is 0.247 e. The van der Waals surface area contributed by atoms with E-state index in [1.165, 1.54) is 6.08 Å². The molecule has 1 aliphatic heterocycles. The van der Waals surface area contributed by atoms with Crippen molar-refractivity contribution in [1.82, 2.24) is 9.97 Å². The molecule has 1 saturated heterocycles. The lowest BCUT2D eigenvalue weighted by atomic mass is 10.0. The van der Waals surface area contributed by atoms with Crippen LogP contribution >= 0.6 is 0 Å². The SMILES string of the molecule is C=CC(=O)Nc1cccc(-c2cccc3cnc(Nc4ccc(O[C@H]5CCOC5)cc4)nc23)c1. The molecule has 1 aliphatic rings. The van der Waals surface area contributed by atoms with Crippen LogP contribution in [0.25, 0.3) is 22.0 Å². The number of para-hydroxylation sites is 1. The highest BCUT2D eigenvalue weighted by atomic mass is 16.5. The number of rotatable bonds is 7. The lowest BCUT2D eigenvalue weighted by molar-refractivity contribution is -0.111. The molecular weight excluding hydrogens is 428 g/mol. The molecule has 0 unspecified atom stereocenters. The molecule has 3 aromatic carbocycles. The molecule has 0 saturated carbocycles. The Labute approximate surface area is 197 Å². The Morgan fingerprint density at radius 1 is 1.09 bits per heavy atom. The van der Waals surface area contributed by atoms with Gasteiger partial charge in [-0.05, 0) is 48.0 Å². The van der Waals surface area contributed by atoms with Crippen molar-refractivity contribution in [3.8, 4) is 16.9 Å². The number of ether oxygens (including phenoxy) is 2. The molecule has 2 N–H and O–H groups in total. The fourth-order valence-corrected chi connectivity index (χ4v) is 3.85. The van der Waals surface area contributed by atoms with Crippen LogP contribution in [-0.2, 0) is 9.53 Å². The molecule has 0 aliphatic carbocycles. The highest BCUT2D eigenvalue weighted by molar-refractivity contribution is 6.00. The summed E-state index contributed by atoms with van der Waals surface area (Å²) < 4.78 is 11.3. The van der Waals surface area contributed by atoms with E-state index in [2.05, 4.69) is 22.2 Å². The third-order valence-corrected chi connectivity index (χ3v) is 5.54. The van der Waals surface area contributed by atoms with Crippen molar-refractivity contribution >= 4 is 34.1 Å². The first-order chi connectivity index (χ1) is 16.7. The van der Waals surface area contributed by atoms with Crippen molar-refractivity contribution in [3.05, 3.63) is 85.6 Å². The smallest absolute Gasteiger partial charge is 0.247 e. The minimum atomic E-state index is -0.253. The molecule has 0 radical (unpaired) electrons. The Balaban J connectivity index is 1.39. The first kappa shape index (κ1) is 21.6. The fourth-order valence-electron chi connectivity index (χ4n) is 3.85. The van der Waals surface area contributed by atoms with Gasteiger partial charge in [-0.2, -0.15) is 0 Å².